The van der Waals surface area contributed by atoms with E-state index in [1.54, 1.807) is 0 Å². The summed E-state index contributed by atoms with van der Waals surface area (Å²) in [6.45, 7) is 4.00. The number of amides is 1. The molecule has 1 rings (SSSR count). The van der Waals surface area contributed by atoms with Crippen molar-refractivity contribution in [2.75, 3.05) is 0 Å². The number of carbonyl (C=O) groups is 1. The highest BCUT2D eigenvalue weighted by atomic mass is 16.3. The first-order valence-electron chi connectivity index (χ1n) is 4.50. The summed E-state index contributed by atoms with van der Waals surface area (Å²) in [5, 5.41) is 9.62. The Bertz CT molecular complexity index is 318. The topological polar surface area (TPSA) is 102 Å². The molecule has 1 atom stereocenters. The molecule has 1 amide bonds. The molecule has 1 heterocycles. The van der Waals surface area contributed by atoms with E-state index in [9.17, 15) is 9.90 Å². The Labute approximate surface area is 82.5 Å². The average molecular weight is 197 g/mol. The Kier molecular flexibility index (Phi) is 2.78. The van der Waals surface area contributed by atoms with E-state index in [1.807, 2.05) is 13.8 Å². The molecule has 0 aromatic carbocycles. The zero-order valence-corrected chi connectivity index (χ0v) is 8.32. The normalized spacial score (nSPS) is 21.6. The standard InChI is InChI=1S/C9H15N3O2/c1-4(2)3-5-7(13)6(9(11)14)8(10)12-5/h4-5,13H,3H2,1-2H3,(H2,10,12)(H2,11,14)/t5-/m1/s1. The van der Waals surface area contributed by atoms with Crippen molar-refractivity contribution in [3.05, 3.63) is 11.3 Å². The van der Waals surface area contributed by atoms with Crippen LogP contribution >= 0.6 is 0 Å². The second kappa shape index (κ2) is 3.69. The van der Waals surface area contributed by atoms with E-state index in [0.29, 0.717) is 12.3 Å². The fourth-order valence-corrected chi connectivity index (χ4v) is 1.45. The Hall–Kier alpha value is -1.52. The van der Waals surface area contributed by atoms with Gasteiger partial charge in [-0.1, -0.05) is 13.8 Å². The number of carbonyl (C=O) groups excluding carboxylic acids is 1. The lowest BCUT2D eigenvalue weighted by Gasteiger charge is -2.09. The van der Waals surface area contributed by atoms with Gasteiger partial charge in [-0.2, -0.15) is 0 Å². The van der Waals surface area contributed by atoms with Crippen molar-refractivity contribution < 1.29 is 9.90 Å². The molecule has 1 aliphatic rings. The summed E-state index contributed by atoms with van der Waals surface area (Å²) in [7, 11) is 0. The van der Waals surface area contributed by atoms with Crippen LogP contribution in [0.4, 0.5) is 0 Å². The summed E-state index contributed by atoms with van der Waals surface area (Å²) in [4.78, 5) is 14.9. The van der Waals surface area contributed by atoms with Gasteiger partial charge in [-0.15, -0.1) is 0 Å². The van der Waals surface area contributed by atoms with Gasteiger partial charge in [0.2, 0.25) is 0 Å². The molecule has 1 aliphatic heterocycles. The maximum atomic E-state index is 10.9. The minimum atomic E-state index is -0.727. The summed E-state index contributed by atoms with van der Waals surface area (Å²) in [6, 6.07) is -0.405. The van der Waals surface area contributed by atoms with Crippen LogP contribution in [-0.4, -0.2) is 22.9 Å². The summed E-state index contributed by atoms with van der Waals surface area (Å²) < 4.78 is 0. The van der Waals surface area contributed by atoms with Crippen LogP contribution < -0.4 is 11.5 Å². The van der Waals surface area contributed by atoms with Crippen LogP contribution in [0.2, 0.25) is 0 Å². The zero-order chi connectivity index (χ0) is 10.9. The van der Waals surface area contributed by atoms with Gasteiger partial charge in [0.05, 0.1) is 0 Å². The SMILES string of the molecule is CC(C)C[C@H]1N=C(N)C(C(N)=O)=C1O. The lowest BCUT2D eigenvalue weighted by atomic mass is 10.0. The van der Waals surface area contributed by atoms with Crippen molar-refractivity contribution >= 4 is 11.7 Å². The van der Waals surface area contributed by atoms with Crippen molar-refractivity contribution in [2.45, 2.75) is 26.3 Å². The Balaban J connectivity index is 2.91. The van der Waals surface area contributed by atoms with Crippen LogP contribution in [0.1, 0.15) is 20.3 Å². The number of nitrogens with two attached hydrogens (primary N) is 2. The number of aliphatic imine (C=N–C) groups is 1. The molecular formula is C9H15N3O2. The third-order valence-corrected chi connectivity index (χ3v) is 2.06. The maximum Gasteiger partial charge on any atom is 0.255 e. The fraction of sp³-hybridized carbons (Fsp3) is 0.556. The number of aliphatic hydroxyl groups is 1. The highest BCUT2D eigenvalue weighted by Crippen LogP contribution is 2.23. The fourth-order valence-electron chi connectivity index (χ4n) is 1.45. The van der Waals surface area contributed by atoms with Crippen LogP contribution in [0.5, 0.6) is 0 Å². The second-order valence-electron chi connectivity index (χ2n) is 3.78. The molecule has 0 unspecified atom stereocenters. The minimum Gasteiger partial charge on any atom is -0.509 e. The van der Waals surface area contributed by atoms with E-state index in [-0.39, 0.29) is 17.2 Å². The molecule has 0 spiro atoms. The van der Waals surface area contributed by atoms with Gasteiger partial charge in [0.25, 0.3) is 5.91 Å². The average Bonchev–Trinajstić information content (AvgIpc) is 2.25. The van der Waals surface area contributed by atoms with Crippen LogP contribution in [0, 0.1) is 5.92 Å². The van der Waals surface area contributed by atoms with E-state index in [1.165, 1.54) is 0 Å². The van der Waals surface area contributed by atoms with Crippen LogP contribution in [0.25, 0.3) is 0 Å². The number of nitrogens with zero attached hydrogens (tertiary/aromatic N) is 1. The van der Waals surface area contributed by atoms with E-state index in [2.05, 4.69) is 4.99 Å². The second-order valence-corrected chi connectivity index (χ2v) is 3.78. The number of hydrogen-bond acceptors (Lipinski definition) is 4. The smallest absolute Gasteiger partial charge is 0.255 e. The summed E-state index contributed by atoms with van der Waals surface area (Å²) in [6.07, 6.45) is 0.656. The van der Waals surface area contributed by atoms with Crippen molar-refractivity contribution in [3.63, 3.8) is 0 Å². The number of rotatable bonds is 3. The van der Waals surface area contributed by atoms with Gasteiger partial charge in [0.1, 0.15) is 23.2 Å². The number of aliphatic hydroxyl groups excluding tert-OH is 1. The summed E-state index contributed by atoms with van der Waals surface area (Å²) in [5.74, 6) is -0.412. The van der Waals surface area contributed by atoms with Gasteiger partial charge in [0.15, 0.2) is 0 Å². The predicted molar refractivity (Wildman–Crippen MR) is 53.7 cm³/mol. The van der Waals surface area contributed by atoms with Crippen molar-refractivity contribution in [3.8, 4) is 0 Å². The Morgan fingerprint density at radius 2 is 2.21 bits per heavy atom. The molecule has 0 aliphatic carbocycles. The monoisotopic (exact) mass is 197 g/mol. The summed E-state index contributed by atoms with van der Waals surface area (Å²) >= 11 is 0. The predicted octanol–water partition coefficient (Wildman–Crippen LogP) is 0.0693. The third-order valence-electron chi connectivity index (χ3n) is 2.06. The van der Waals surface area contributed by atoms with Crippen LogP contribution in [-0.2, 0) is 4.79 Å². The molecule has 14 heavy (non-hydrogen) atoms. The quantitative estimate of drug-likeness (QED) is 0.596. The van der Waals surface area contributed by atoms with Crippen molar-refractivity contribution in [1.29, 1.82) is 0 Å². The van der Waals surface area contributed by atoms with Crippen molar-refractivity contribution in [1.82, 2.24) is 0 Å². The molecule has 0 bridgehead atoms. The highest BCUT2D eigenvalue weighted by molar-refractivity contribution is 6.21. The Morgan fingerprint density at radius 3 is 2.57 bits per heavy atom. The molecule has 0 radical (unpaired) electrons. The Morgan fingerprint density at radius 1 is 1.64 bits per heavy atom. The number of amidine groups is 1. The van der Waals surface area contributed by atoms with Gasteiger partial charge < -0.3 is 16.6 Å². The van der Waals surface area contributed by atoms with E-state index >= 15 is 0 Å². The van der Waals surface area contributed by atoms with Crippen LogP contribution in [0.15, 0.2) is 16.3 Å². The molecule has 0 aromatic heterocycles. The van der Waals surface area contributed by atoms with E-state index in [0.717, 1.165) is 0 Å². The first kappa shape index (κ1) is 10.6. The largest absolute Gasteiger partial charge is 0.509 e. The van der Waals surface area contributed by atoms with Gasteiger partial charge in [-0.05, 0) is 12.3 Å². The van der Waals surface area contributed by atoms with E-state index in [4.69, 9.17) is 11.5 Å². The van der Waals surface area contributed by atoms with Gasteiger partial charge in [-0.3, -0.25) is 9.79 Å². The zero-order valence-electron chi connectivity index (χ0n) is 8.32. The first-order valence-corrected chi connectivity index (χ1v) is 4.50. The maximum absolute atomic E-state index is 10.9. The molecule has 0 saturated heterocycles. The molecule has 5 N–H and O–H groups in total. The molecule has 0 aromatic rings. The first-order chi connectivity index (χ1) is 6.43. The van der Waals surface area contributed by atoms with Gasteiger partial charge in [0, 0.05) is 0 Å². The molecule has 0 fully saturated rings. The molecule has 0 saturated carbocycles. The van der Waals surface area contributed by atoms with Gasteiger partial charge >= 0.3 is 0 Å². The van der Waals surface area contributed by atoms with Crippen molar-refractivity contribution in [2.24, 2.45) is 22.4 Å². The molecule has 5 nitrogen and oxygen atoms in total. The molecule has 5 heteroatoms. The number of hydrogen-bond donors (Lipinski definition) is 3. The lowest BCUT2D eigenvalue weighted by Crippen LogP contribution is -2.25. The third kappa shape index (κ3) is 1.86. The molecule has 78 valence electrons. The molecular weight excluding hydrogens is 182 g/mol. The lowest BCUT2D eigenvalue weighted by molar-refractivity contribution is -0.114. The minimum absolute atomic E-state index is 0.0318. The summed E-state index contributed by atoms with van der Waals surface area (Å²) in [5.41, 5.74) is 10.5. The van der Waals surface area contributed by atoms with Crippen LogP contribution in [0.3, 0.4) is 0 Å². The van der Waals surface area contributed by atoms with Gasteiger partial charge in [-0.25, -0.2) is 0 Å². The van der Waals surface area contributed by atoms with E-state index < -0.39 is 11.9 Å². The highest BCUT2D eigenvalue weighted by Gasteiger charge is 2.29. The number of primary amides is 1.